The lowest BCUT2D eigenvalue weighted by atomic mass is 9.95. The van der Waals surface area contributed by atoms with Crippen LogP contribution in [0.2, 0.25) is 0 Å². The van der Waals surface area contributed by atoms with Crippen molar-refractivity contribution >= 4 is 39.6 Å². The van der Waals surface area contributed by atoms with Gasteiger partial charge < -0.3 is 15.4 Å². The highest BCUT2D eigenvalue weighted by atomic mass is 32.1. The van der Waals surface area contributed by atoms with Crippen LogP contribution in [-0.4, -0.2) is 24.2 Å². The number of esters is 1. The molecular weight excluding hydrogens is 412 g/mol. The maximum Gasteiger partial charge on any atom is 0.341 e. The molecule has 6 heteroatoms. The Kier molecular flexibility index (Phi) is 12.4. The fourth-order valence-electron chi connectivity index (χ4n) is 4.03. The summed E-state index contributed by atoms with van der Waals surface area (Å²) in [6.07, 6.45) is 17.6. The highest BCUT2D eigenvalue weighted by molar-refractivity contribution is 7.80. The third-order valence-electron chi connectivity index (χ3n) is 5.69. The lowest BCUT2D eigenvalue weighted by Crippen LogP contribution is -2.29. The maximum absolute atomic E-state index is 12.5. The summed E-state index contributed by atoms with van der Waals surface area (Å²) in [5, 5.41) is 8.05. The second kappa shape index (κ2) is 14.8. The fourth-order valence-corrected chi connectivity index (χ4v) is 5.59. The van der Waals surface area contributed by atoms with Crippen molar-refractivity contribution in [3.63, 3.8) is 0 Å². The number of unbranched alkanes of at least 4 members (excludes halogenated alkanes) is 9. The molecule has 1 aliphatic carbocycles. The molecule has 2 rings (SSSR count). The Labute approximate surface area is 192 Å². The van der Waals surface area contributed by atoms with Crippen LogP contribution in [0.3, 0.4) is 0 Å². The first-order chi connectivity index (χ1) is 14.7. The van der Waals surface area contributed by atoms with E-state index in [9.17, 15) is 4.79 Å². The van der Waals surface area contributed by atoms with Gasteiger partial charge in [-0.3, -0.25) is 0 Å². The molecule has 0 saturated carbocycles. The largest absolute Gasteiger partial charge is 0.462 e. The van der Waals surface area contributed by atoms with E-state index in [4.69, 9.17) is 17.0 Å². The summed E-state index contributed by atoms with van der Waals surface area (Å²) in [7, 11) is 0. The summed E-state index contributed by atoms with van der Waals surface area (Å²) in [4.78, 5) is 13.8. The van der Waals surface area contributed by atoms with E-state index in [1.807, 2.05) is 6.92 Å². The van der Waals surface area contributed by atoms with E-state index in [2.05, 4.69) is 17.6 Å². The fraction of sp³-hybridized carbons (Fsp3) is 0.750. The van der Waals surface area contributed by atoms with Gasteiger partial charge >= 0.3 is 5.97 Å². The first-order valence-corrected chi connectivity index (χ1v) is 13.3. The molecule has 0 aliphatic heterocycles. The van der Waals surface area contributed by atoms with Gasteiger partial charge in [0, 0.05) is 11.4 Å². The van der Waals surface area contributed by atoms with Gasteiger partial charge in [0.2, 0.25) is 0 Å². The van der Waals surface area contributed by atoms with Crippen molar-refractivity contribution in [1.82, 2.24) is 5.32 Å². The number of anilines is 1. The Morgan fingerprint density at radius 3 is 2.27 bits per heavy atom. The zero-order valence-corrected chi connectivity index (χ0v) is 20.6. The molecule has 0 unspecified atom stereocenters. The van der Waals surface area contributed by atoms with E-state index in [1.54, 1.807) is 11.3 Å². The number of thiophene rings is 1. The standard InChI is InChI=1S/C24H40N2O2S2/c1-3-5-6-7-8-9-10-11-12-15-18-25-24(29)26-22-21(23(27)28-4-2)19-16-13-14-17-20(19)30-22/h3-18H2,1-2H3,(H2,25,26,29). The highest BCUT2D eigenvalue weighted by Gasteiger charge is 2.26. The Bertz CT molecular complexity index is 658. The van der Waals surface area contributed by atoms with Crippen molar-refractivity contribution in [3.05, 3.63) is 16.0 Å². The van der Waals surface area contributed by atoms with Crippen molar-refractivity contribution in [2.24, 2.45) is 0 Å². The molecule has 1 aliphatic rings. The van der Waals surface area contributed by atoms with E-state index >= 15 is 0 Å². The molecule has 0 fully saturated rings. The van der Waals surface area contributed by atoms with Crippen LogP contribution >= 0.6 is 23.6 Å². The predicted molar refractivity (Wildman–Crippen MR) is 133 cm³/mol. The third-order valence-corrected chi connectivity index (χ3v) is 7.15. The van der Waals surface area contributed by atoms with Crippen LogP contribution in [0.15, 0.2) is 0 Å². The SMILES string of the molecule is CCCCCCCCCCCCNC(=S)Nc1sc2c(c1C(=O)OCC)CCCC2. The molecule has 1 aromatic heterocycles. The molecule has 170 valence electrons. The Morgan fingerprint density at radius 1 is 0.967 bits per heavy atom. The first kappa shape index (κ1) is 25.1. The van der Waals surface area contributed by atoms with Gasteiger partial charge in [-0.1, -0.05) is 64.7 Å². The van der Waals surface area contributed by atoms with E-state index in [0.29, 0.717) is 17.3 Å². The summed E-state index contributed by atoms with van der Waals surface area (Å²) < 4.78 is 5.31. The zero-order chi connectivity index (χ0) is 21.6. The van der Waals surface area contributed by atoms with Gasteiger partial charge in [-0.2, -0.15) is 0 Å². The third kappa shape index (κ3) is 8.54. The summed E-state index contributed by atoms with van der Waals surface area (Å²) in [5.41, 5.74) is 1.88. The molecule has 30 heavy (non-hydrogen) atoms. The number of hydrogen-bond acceptors (Lipinski definition) is 4. The van der Waals surface area contributed by atoms with Crippen molar-refractivity contribution in [1.29, 1.82) is 0 Å². The van der Waals surface area contributed by atoms with Gasteiger partial charge in [-0.25, -0.2) is 4.79 Å². The lowest BCUT2D eigenvalue weighted by molar-refractivity contribution is 0.0526. The van der Waals surface area contributed by atoms with E-state index in [-0.39, 0.29) is 5.97 Å². The van der Waals surface area contributed by atoms with Crippen molar-refractivity contribution in [2.75, 3.05) is 18.5 Å². The van der Waals surface area contributed by atoms with E-state index in [0.717, 1.165) is 37.2 Å². The monoisotopic (exact) mass is 452 g/mol. The number of aryl methyl sites for hydroxylation is 1. The quantitative estimate of drug-likeness (QED) is 0.181. The Morgan fingerprint density at radius 2 is 1.60 bits per heavy atom. The van der Waals surface area contributed by atoms with Crippen molar-refractivity contribution < 1.29 is 9.53 Å². The number of ether oxygens (including phenoxy) is 1. The predicted octanol–water partition coefficient (Wildman–Crippen LogP) is 7.01. The lowest BCUT2D eigenvalue weighted by Gasteiger charge is -2.13. The number of hydrogen-bond donors (Lipinski definition) is 2. The van der Waals surface area contributed by atoms with Crippen molar-refractivity contribution in [2.45, 2.75) is 104 Å². The molecule has 0 spiro atoms. The molecule has 0 saturated heterocycles. The van der Waals surface area contributed by atoms with Gasteiger partial charge in [0.15, 0.2) is 5.11 Å². The van der Waals surface area contributed by atoms with Gasteiger partial charge in [0.1, 0.15) is 5.00 Å². The van der Waals surface area contributed by atoms with Crippen LogP contribution in [0.1, 0.15) is 112 Å². The van der Waals surface area contributed by atoms with Crippen LogP contribution in [0.5, 0.6) is 0 Å². The smallest absolute Gasteiger partial charge is 0.341 e. The molecule has 0 bridgehead atoms. The van der Waals surface area contributed by atoms with E-state index < -0.39 is 0 Å². The maximum atomic E-state index is 12.5. The molecule has 1 heterocycles. The number of fused-ring (bicyclic) bond motifs is 1. The molecule has 1 aromatic rings. The molecule has 2 N–H and O–H groups in total. The number of carbonyl (C=O) groups is 1. The number of rotatable bonds is 14. The molecule has 0 atom stereocenters. The second-order valence-electron chi connectivity index (χ2n) is 8.20. The van der Waals surface area contributed by atoms with Crippen molar-refractivity contribution in [3.8, 4) is 0 Å². The normalized spacial score (nSPS) is 13.0. The number of nitrogens with one attached hydrogen (secondary N) is 2. The second-order valence-corrected chi connectivity index (χ2v) is 9.71. The van der Waals surface area contributed by atoms with Gasteiger partial charge in [0.05, 0.1) is 12.2 Å². The minimum absolute atomic E-state index is 0.225. The minimum Gasteiger partial charge on any atom is -0.462 e. The first-order valence-electron chi connectivity index (χ1n) is 12.0. The van der Waals surface area contributed by atoms with Crippen LogP contribution in [0.25, 0.3) is 0 Å². The van der Waals surface area contributed by atoms with Crippen LogP contribution in [0.4, 0.5) is 5.00 Å². The minimum atomic E-state index is -0.225. The summed E-state index contributed by atoms with van der Waals surface area (Å²) >= 11 is 7.15. The zero-order valence-electron chi connectivity index (χ0n) is 18.9. The summed E-state index contributed by atoms with van der Waals surface area (Å²) in [6.45, 7) is 5.39. The van der Waals surface area contributed by atoms with Crippen LogP contribution in [-0.2, 0) is 17.6 Å². The molecule has 0 amide bonds. The number of thiocarbonyl (C=S) groups is 1. The molecule has 4 nitrogen and oxygen atoms in total. The summed E-state index contributed by atoms with van der Waals surface area (Å²) in [6, 6.07) is 0. The van der Waals surface area contributed by atoms with Gasteiger partial charge in [0.25, 0.3) is 0 Å². The average Bonchev–Trinajstić information content (AvgIpc) is 3.10. The molecule has 0 radical (unpaired) electrons. The topological polar surface area (TPSA) is 50.4 Å². The van der Waals surface area contributed by atoms with Crippen LogP contribution < -0.4 is 10.6 Å². The van der Waals surface area contributed by atoms with E-state index in [1.165, 1.54) is 74.6 Å². The van der Waals surface area contributed by atoms with Gasteiger partial charge in [-0.15, -0.1) is 11.3 Å². The van der Waals surface area contributed by atoms with Crippen LogP contribution in [0, 0.1) is 0 Å². The molecule has 0 aromatic carbocycles. The Hall–Kier alpha value is -1.14. The highest BCUT2D eigenvalue weighted by Crippen LogP contribution is 2.38. The van der Waals surface area contributed by atoms with Gasteiger partial charge in [-0.05, 0) is 56.8 Å². The average molecular weight is 453 g/mol. The summed E-state index contributed by atoms with van der Waals surface area (Å²) in [5.74, 6) is -0.225. The Balaban J connectivity index is 1.67. The molecular formula is C24H40N2O2S2. The number of carbonyl (C=O) groups excluding carboxylic acids is 1.